The third-order valence-electron chi connectivity index (χ3n) is 3.78. The maximum Gasteiger partial charge on any atom is 0.191 e. The van der Waals surface area contributed by atoms with E-state index in [-0.39, 0.29) is 0 Å². The van der Waals surface area contributed by atoms with Crippen molar-refractivity contribution >= 4 is 23.4 Å². The van der Waals surface area contributed by atoms with Gasteiger partial charge in [-0.3, -0.25) is 4.57 Å². The van der Waals surface area contributed by atoms with Crippen LogP contribution in [-0.2, 0) is 18.9 Å². The Balaban J connectivity index is 1.67. The zero-order chi connectivity index (χ0) is 18.4. The lowest BCUT2D eigenvalue weighted by atomic mass is 10.2. The SMILES string of the molecule is C=CCn1c(COc2ccc(C)cc2)nnc1SCc1ccc(Cl)cc1. The van der Waals surface area contributed by atoms with Gasteiger partial charge in [0.25, 0.3) is 0 Å². The Hall–Kier alpha value is -2.24. The molecule has 6 heteroatoms. The average molecular weight is 386 g/mol. The summed E-state index contributed by atoms with van der Waals surface area (Å²) in [6.45, 7) is 6.89. The Morgan fingerprint density at radius 3 is 2.54 bits per heavy atom. The molecular formula is C20H20ClN3OS. The van der Waals surface area contributed by atoms with Crippen LogP contribution in [-0.4, -0.2) is 14.8 Å². The van der Waals surface area contributed by atoms with E-state index in [4.69, 9.17) is 16.3 Å². The summed E-state index contributed by atoms with van der Waals surface area (Å²) in [7, 11) is 0. The Morgan fingerprint density at radius 1 is 1.12 bits per heavy atom. The lowest BCUT2D eigenvalue weighted by molar-refractivity contribution is 0.289. The molecule has 0 aliphatic rings. The lowest BCUT2D eigenvalue weighted by Gasteiger charge is -2.09. The molecule has 0 aliphatic carbocycles. The van der Waals surface area contributed by atoms with Crippen LogP contribution in [0, 0.1) is 6.92 Å². The number of allylic oxidation sites excluding steroid dienone is 1. The molecule has 0 bridgehead atoms. The summed E-state index contributed by atoms with van der Waals surface area (Å²) in [6.07, 6.45) is 1.84. The van der Waals surface area contributed by atoms with Crippen LogP contribution in [0.15, 0.2) is 66.3 Å². The molecule has 0 saturated heterocycles. The van der Waals surface area contributed by atoms with Gasteiger partial charge in [0.05, 0.1) is 0 Å². The minimum Gasteiger partial charge on any atom is -0.486 e. The first kappa shape index (κ1) is 18.5. The number of hydrogen-bond donors (Lipinski definition) is 0. The maximum atomic E-state index is 5.93. The second kappa shape index (κ2) is 8.92. The van der Waals surface area contributed by atoms with Gasteiger partial charge in [0.2, 0.25) is 0 Å². The van der Waals surface area contributed by atoms with Crippen LogP contribution in [0.3, 0.4) is 0 Å². The minimum absolute atomic E-state index is 0.366. The van der Waals surface area contributed by atoms with Crippen molar-refractivity contribution in [2.24, 2.45) is 0 Å². The third-order valence-corrected chi connectivity index (χ3v) is 5.07. The molecule has 0 atom stereocenters. The zero-order valence-corrected chi connectivity index (χ0v) is 16.1. The van der Waals surface area contributed by atoms with Crippen LogP contribution in [0.1, 0.15) is 17.0 Å². The van der Waals surface area contributed by atoms with Gasteiger partial charge in [-0.2, -0.15) is 0 Å². The van der Waals surface area contributed by atoms with Crippen LogP contribution in [0.5, 0.6) is 5.75 Å². The topological polar surface area (TPSA) is 39.9 Å². The first-order valence-electron chi connectivity index (χ1n) is 8.25. The van der Waals surface area contributed by atoms with Gasteiger partial charge < -0.3 is 4.74 Å². The molecule has 134 valence electrons. The number of aryl methyl sites for hydroxylation is 1. The van der Waals surface area contributed by atoms with Gasteiger partial charge in [0.1, 0.15) is 12.4 Å². The third kappa shape index (κ3) is 4.90. The van der Waals surface area contributed by atoms with Crippen molar-refractivity contribution in [3.05, 3.63) is 83.2 Å². The van der Waals surface area contributed by atoms with E-state index >= 15 is 0 Å². The molecule has 0 saturated carbocycles. The van der Waals surface area contributed by atoms with E-state index in [1.54, 1.807) is 11.8 Å². The highest BCUT2D eigenvalue weighted by Crippen LogP contribution is 2.23. The molecule has 26 heavy (non-hydrogen) atoms. The molecule has 0 spiro atoms. The highest BCUT2D eigenvalue weighted by Gasteiger charge is 2.12. The standard InChI is InChI=1S/C20H20ClN3OS/c1-3-12-24-19(13-25-18-10-4-15(2)5-11-18)22-23-20(24)26-14-16-6-8-17(21)9-7-16/h3-11H,1,12-14H2,2H3. The van der Waals surface area contributed by atoms with Gasteiger partial charge in [-0.1, -0.05) is 59.3 Å². The summed E-state index contributed by atoms with van der Waals surface area (Å²) < 4.78 is 7.87. The quantitative estimate of drug-likeness (QED) is 0.390. The van der Waals surface area contributed by atoms with Crippen LogP contribution in [0.4, 0.5) is 0 Å². The molecule has 0 N–H and O–H groups in total. The predicted octanol–water partition coefficient (Wildman–Crippen LogP) is 5.30. The molecule has 4 nitrogen and oxygen atoms in total. The van der Waals surface area contributed by atoms with Crippen molar-refractivity contribution < 1.29 is 4.74 Å². The molecule has 3 rings (SSSR count). The van der Waals surface area contributed by atoms with Gasteiger partial charge in [0.15, 0.2) is 11.0 Å². The number of hydrogen-bond acceptors (Lipinski definition) is 4. The van der Waals surface area contributed by atoms with Crippen molar-refractivity contribution in [3.63, 3.8) is 0 Å². The van der Waals surface area contributed by atoms with Gasteiger partial charge in [-0.15, -0.1) is 16.8 Å². The van der Waals surface area contributed by atoms with E-state index < -0.39 is 0 Å². The fourth-order valence-corrected chi connectivity index (χ4v) is 3.40. The van der Waals surface area contributed by atoms with E-state index in [0.717, 1.165) is 27.5 Å². The summed E-state index contributed by atoms with van der Waals surface area (Å²) in [5, 5.41) is 10.2. The van der Waals surface area contributed by atoms with Crippen LogP contribution in [0.2, 0.25) is 5.02 Å². The van der Waals surface area contributed by atoms with E-state index in [2.05, 4.69) is 23.7 Å². The summed E-state index contributed by atoms with van der Waals surface area (Å²) in [4.78, 5) is 0. The first-order chi connectivity index (χ1) is 12.7. The number of halogens is 1. The molecule has 1 aromatic heterocycles. The number of ether oxygens (including phenoxy) is 1. The van der Waals surface area contributed by atoms with E-state index in [1.165, 1.54) is 11.1 Å². The smallest absolute Gasteiger partial charge is 0.191 e. The molecule has 0 radical (unpaired) electrons. The Bertz CT molecular complexity index is 793. The number of thioether (sulfide) groups is 1. The van der Waals surface area contributed by atoms with Crippen molar-refractivity contribution in [2.45, 2.75) is 31.0 Å². The summed E-state index contributed by atoms with van der Waals surface area (Å²) in [5.41, 5.74) is 2.39. The second-order valence-corrected chi connectivity index (χ2v) is 7.19. The molecule has 0 unspecified atom stereocenters. The van der Waals surface area contributed by atoms with Gasteiger partial charge in [0, 0.05) is 17.3 Å². The summed E-state index contributed by atoms with van der Waals surface area (Å²) >= 11 is 7.57. The molecule has 3 aromatic rings. The van der Waals surface area contributed by atoms with Gasteiger partial charge in [-0.05, 0) is 36.8 Å². The number of aromatic nitrogens is 3. The van der Waals surface area contributed by atoms with Gasteiger partial charge >= 0.3 is 0 Å². The van der Waals surface area contributed by atoms with Crippen LogP contribution >= 0.6 is 23.4 Å². The Kier molecular flexibility index (Phi) is 6.36. The molecule has 1 heterocycles. The second-order valence-electron chi connectivity index (χ2n) is 5.81. The normalized spacial score (nSPS) is 10.7. The van der Waals surface area contributed by atoms with Crippen molar-refractivity contribution in [2.75, 3.05) is 0 Å². The fourth-order valence-electron chi connectivity index (χ4n) is 2.36. The molecular weight excluding hydrogens is 366 g/mol. The average Bonchev–Trinajstić information content (AvgIpc) is 3.03. The van der Waals surface area contributed by atoms with Crippen molar-refractivity contribution in [3.8, 4) is 5.75 Å². The maximum absolute atomic E-state index is 5.93. The fraction of sp³-hybridized carbons (Fsp3) is 0.200. The highest BCUT2D eigenvalue weighted by atomic mass is 35.5. The Morgan fingerprint density at radius 2 is 1.85 bits per heavy atom. The zero-order valence-electron chi connectivity index (χ0n) is 14.6. The minimum atomic E-state index is 0.366. The van der Waals surface area contributed by atoms with E-state index in [0.29, 0.717) is 13.2 Å². The number of rotatable bonds is 8. The van der Waals surface area contributed by atoms with E-state index in [9.17, 15) is 0 Å². The van der Waals surface area contributed by atoms with Crippen molar-refractivity contribution in [1.29, 1.82) is 0 Å². The first-order valence-corrected chi connectivity index (χ1v) is 9.62. The van der Waals surface area contributed by atoms with Gasteiger partial charge in [-0.25, -0.2) is 0 Å². The molecule has 2 aromatic carbocycles. The Labute approximate surface area is 162 Å². The summed E-state index contributed by atoms with van der Waals surface area (Å²) in [6, 6.07) is 15.8. The predicted molar refractivity (Wildman–Crippen MR) is 107 cm³/mol. The van der Waals surface area contributed by atoms with Crippen LogP contribution < -0.4 is 4.74 Å². The summed E-state index contributed by atoms with van der Waals surface area (Å²) in [5.74, 6) is 2.40. The molecule has 0 amide bonds. The van der Waals surface area contributed by atoms with Crippen molar-refractivity contribution in [1.82, 2.24) is 14.8 Å². The number of nitrogens with zero attached hydrogens (tertiary/aromatic N) is 3. The monoisotopic (exact) mass is 385 g/mol. The number of benzene rings is 2. The largest absolute Gasteiger partial charge is 0.486 e. The lowest BCUT2D eigenvalue weighted by Crippen LogP contribution is -2.07. The molecule has 0 aliphatic heterocycles. The van der Waals surface area contributed by atoms with E-state index in [1.807, 2.05) is 59.2 Å². The molecule has 0 fully saturated rings. The van der Waals surface area contributed by atoms with Crippen LogP contribution in [0.25, 0.3) is 0 Å². The highest BCUT2D eigenvalue weighted by molar-refractivity contribution is 7.98.